The Morgan fingerprint density at radius 2 is 1.35 bits per heavy atom. The van der Waals surface area contributed by atoms with Crippen molar-refractivity contribution in [2.75, 3.05) is 6.61 Å². The van der Waals surface area contributed by atoms with Crippen LogP contribution in [0.3, 0.4) is 0 Å². The van der Waals surface area contributed by atoms with E-state index in [1.807, 2.05) is 6.92 Å². The molecule has 0 radical (unpaired) electrons. The average molecular weight is 513 g/mol. The van der Waals surface area contributed by atoms with Gasteiger partial charge in [-0.3, -0.25) is 0 Å². The lowest BCUT2D eigenvalue weighted by Gasteiger charge is -2.41. The molecule has 1 aromatic carbocycles. The quantitative estimate of drug-likeness (QED) is 0.283. The van der Waals surface area contributed by atoms with E-state index >= 15 is 0 Å². The molecule has 1 nitrogen and oxygen atoms in total. The first kappa shape index (κ1) is 28.4. The largest absolute Gasteiger partial charge is 0.490 e. The van der Waals surface area contributed by atoms with E-state index in [1.165, 1.54) is 89.9 Å². The number of benzene rings is 1. The van der Waals surface area contributed by atoms with Gasteiger partial charge in [-0.1, -0.05) is 44.1 Å². The predicted octanol–water partition coefficient (Wildman–Crippen LogP) is 10.5. The van der Waals surface area contributed by atoms with E-state index in [0.717, 1.165) is 36.0 Å². The minimum absolute atomic E-state index is 0.0134. The zero-order chi connectivity index (χ0) is 26.0. The summed E-state index contributed by atoms with van der Waals surface area (Å²) in [4.78, 5) is 0. The van der Waals surface area contributed by atoms with E-state index < -0.39 is 11.6 Å². The van der Waals surface area contributed by atoms with Gasteiger partial charge in [0, 0.05) is 5.56 Å². The van der Waals surface area contributed by atoms with Crippen molar-refractivity contribution >= 4 is 6.08 Å². The Labute approximate surface area is 225 Å². The van der Waals surface area contributed by atoms with Gasteiger partial charge in [0.15, 0.2) is 11.6 Å². The van der Waals surface area contributed by atoms with Gasteiger partial charge in [-0.2, -0.15) is 4.39 Å². The normalized spacial score (nSPS) is 31.2. The van der Waals surface area contributed by atoms with Gasteiger partial charge in [0.05, 0.1) is 6.61 Å². The third kappa shape index (κ3) is 7.93. The van der Waals surface area contributed by atoms with Crippen LogP contribution in [0.2, 0.25) is 0 Å². The molecule has 3 saturated carbocycles. The van der Waals surface area contributed by atoms with Gasteiger partial charge in [0.25, 0.3) is 0 Å². The maximum absolute atomic E-state index is 14.5. The molecule has 0 unspecified atom stereocenters. The maximum Gasteiger partial charge on any atom is 0.201 e. The molecule has 0 heterocycles. The highest BCUT2D eigenvalue weighted by atomic mass is 19.2. The Bertz CT molecular complexity index is 866. The number of ether oxygens (including phenoxy) is 1. The number of rotatable bonds is 10. The van der Waals surface area contributed by atoms with E-state index in [2.05, 4.69) is 25.2 Å². The first-order valence-corrected chi connectivity index (χ1v) is 15.5. The molecule has 0 saturated heterocycles. The van der Waals surface area contributed by atoms with Crippen LogP contribution in [0.5, 0.6) is 5.75 Å². The van der Waals surface area contributed by atoms with E-state index in [4.69, 9.17) is 4.74 Å². The molecule has 37 heavy (non-hydrogen) atoms. The summed E-state index contributed by atoms with van der Waals surface area (Å²) >= 11 is 0. The van der Waals surface area contributed by atoms with Gasteiger partial charge in [-0.05, 0) is 138 Å². The van der Waals surface area contributed by atoms with Crippen molar-refractivity contribution in [2.24, 2.45) is 35.5 Å². The molecule has 206 valence electrons. The van der Waals surface area contributed by atoms with Crippen LogP contribution in [0, 0.1) is 47.1 Å². The topological polar surface area (TPSA) is 9.23 Å². The second kappa shape index (κ2) is 14.5. The van der Waals surface area contributed by atoms with Crippen molar-refractivity contribution in [1.29, 1.82) is 0 Å². The Hall–Kier alpha value is -1.64. The number of hydrogen-bond acceptors (Lipinski definition) is 1. The van der Waals surface area contributed by atoms with Gasteiger partial charge >= 0.3 is 0 Å². The zero-order valence-electron chi connectivity index (χ0n) is 23.4. The minimum atomic E-state index is -0.868. The van der Waals surface area contributed by atoms with Crippen LogP contribution in [-0.4, -0.2) is 6.61 Å². The first-order chi connectivity index (χ1) is 18.1. The van der Waals surface area contributed by atoms with E-state index in [9.17, 15) is 8.78 Å². The minimum Gasteiger partial charge on any atom is -0.490 e. The Morgan fingerprint density at radius 1 is 0.784 bits per heavy atom. The fraction of sp³-hybridized carbons (Fsp3) is 0.706. The van der Waals surface area contributed by atoms with Crippen LogP contribution in [0.1, 0.15) is 116 Å². The smallest absolute Gasteiger partial charge is 0.201 e. The molecule has 1 aromatic rings. The van der Waals surface area contributed by atoms with Gasteiger partial charge in [-0.25, -0.2) is 4.39 Å². The molecule has 0 bridgehead atoms. The molecule has 0 aromatic heterocycles. The summed E-state index contributed by atoms with van der Waals surface area (Å²) < 4.78 is 34.1. The second-order valence-electron chi connectivity index (χ2n) is 12.3. The predicted molar refractivity (Wildman–Crippen MR) is 152 cm³/mol. The van der Waals surface area contributed by atoms with Crippen molar-refractivity contribution in [3.63, 3.8) is 0 Å². The second-order valence-corrected chi connectivity index (χ2v) is 12.3. The molecule has 4 rings (SSSR count). The van der Waals surface area contributed by atoms with Crippen LogP contribution in [0.15, 0.2) is 30.4 Å². The molecule has 3 fully saturated rings. The monoisotopic (exact) mass is 512 g/mol. The van der Waals surface area contributed by atoms with Gasteiger partial charge < -0.3 is 4.74 Å². The molecule has 0 atom stereocenters. The number of allylic oxidation sites excluding steroid dienone is 3. The van der Waals surface area contributed by atoms with Crippen molar-refractivity contribution in [3.05, 3.63) is 47.6 Å². The number of hydrogen-bond donors (Lipinski definition) is 0. The van der Waals surface area contributed by atoms with Crippen molar-refractivity contribution in [1.82, 2.24) is 0 Å². The summed E-state index contributed by atoms with van der Waals surface area (Å²) in [6.07, 6.45) is 28.5. The third-order valence-electron chi connectivity index (χ3n) is 9.92. The lowest BCUT2D eigenvalue weighted by molar-refractivity contribution is 0.107. The van der Waals surface area contributed by atoms with Crippen molar-refractivity contribution in [2.45, 2.75) is 110 Å². The summed E-state index contributed by atoms with van der Waals surface area (Å²) in [7, 11) is 0. The lowest BCUT2D eigenvalue weighted by atomic mass is 9.65. The first-order valence-electron chi connectivity index (χ1n) is 15.5. The van der Waals surface area contributed by atoms with Crippen LogP contribution in [-0.2, 0) is 0 Å². The van der Waals surface area contributed by atoms with Crippen LogP contribution >= 0.6 is 0 Å². The Kier molecular flexibility index (Phi) is 11.1. The maximum atomic E-state index is 14.5. The molecule has 0 spiro atoms. The summed E-state index contributed by atoms with van der Waals surface area (Å²) in [6, 6.07) is 3.19. The summed E-state index contributed by atoms with van der Waals surface area (Å²) in [6.45, 7) is 4.48. The van der Waals surface area contributed by atoms with Gasteiger partial charge in [0.1, 0.15) is 0 Å². The molecular formula is C34H50F2O. The highest BCUT2D eigenvalue weighted by Crippen LogP contribution is 2.46. The van der Waals surface area contributed by atoms with Crippen molar-refractivity contribution in [3.8, 4) is 5.75 Å². The molecule has 3 heteroatoms. The summed E-state index contributed by atoms with van der Waals surface area (Å²) in [5.74, 6) is 3.58. The van der Waals surface area contributed by atoms with Crippen molar-refractivity contribution < 1.29 is 13.5 Å². The average Bonchev–Trinajstić information content (AvgIpc) is 2.94. The van der Waals surface area contributed by atoms with Gasteiger partial charge in [-0.15, -0.1) is 0 Å². The third-order valence-corrected chi connectivity index (χ3v) is 9.92. The molecule has 3 aliphatic rings. The molecular weight excluding hydrogens is 462 g/mol. The molecule has 0 aliphatic heterocycles. The SMILES string of the molecule is C/C=C/CCC1CCC(C2CCC(C3CCC(/C=C/c4ccc(OCCC)c(F)c4F)CC3)CC2)CC1. The van der Waals surface area contributed by atoms with E-state index in [0.29, 0.717) is 18.1 Å². The lowest BCUT2D eigenvalue weighted by Crippen LogP contribution is -2.29. The molecule has 0 N–H and O–H groups in total. The van der Waals surface area contributed by atoms with Crippen LogP contribution in [0.25, 0.3) is 6.08 Å². The zero-order valence-corrected chi connectivity index (χ0v) is 23.4. The van der Waals surface area contributed by atoms with Gasteiger partial charge in [0.2, 0.25) is 5.82 Å². The summed E-state index contributed by atoms with van der Waals surface area (Å²) in [5.41, 5.74) is 0.327. The van der Waals surface area contributed by atoms with Crippen LogP contribution < -0.4 is 4.74 Å². The van der Waals surface area contributed by atoms with E-state index in [1.54, 1.807) is 18.2 Å². The standard InChI is InChI=1S/C34H50F2O/c1-3-5-6-7-25-8-13-27(14-9-25)29-18-20-30(21-19-29)28-15-10-26(11-16-28)12-17-31-22-23-32(37-24-4-2)34(36)33(31)35/h3,5,12,17,22-23,25-30H,4,6-11,13-16,18-21,24H2,1-2H3/b5-3+,17-12+. The van der Waals surface area contributed by atoms with E-state index in [-0.39, 0.29) is 5.75 Å². The highest BCUT2D eigenvalue weighted by Gasteiger charge is 2.34. The Balaban J connectivity index is 1.17. The molecule has 3 aliphatic carbocycles. The fourth-order valence-electron chi connectivity index (χ4n) is 7.58. The Morgan fingerprint density at radius 3 is 1.92 bits per heavy atom. The number of halogens is 2. The summed E-state index contributed by atoms with van der Waals surface area (Å²) in [5, 5.41) is 0. The highest BCUT2D eigenvalue weighted by molar-refractivity contribution is 5.52. The molecule has 0 amide bonds. The fourth-order valence-corrected chi connectivity index (χ4v) is 7.58. The van der Waals surface area contributed by atoms with Crippen LogP contribution in [0.4, 0.5) is 8.78 Å².